The van der Waals surface area contributed by atoms with Crippen molar-refractivity contribution < 1.29 is 9.53 Å². The summed E-state index contributed by atoms with van der Waals surface area (Å²) in [5, 5.41) is 2.66. The molecule has 1 aliphatic heterocycles. The van der Waals surface area contributed by atoms with Gasteiger partial charge in [-0.2, -0.15) is 0 Å². The molecule has 3 rings (SSSR count). The van der Waals surface area contributed by atoms with E-state index in [1.807, 2.05) is 13.1 Å². The van der Waals surface area contributed by atoms with Crippen LogP contribution in [0.4, 0.5) is 0 Å². The maximum absolute atomic E-state index is 12.0. The van der Waals surface area contributed by atoms with Crippen molar-refractivity contribution in [2.24, 2.45) is 0 Å². The Morgan fingerprint density at radius 2 is 2.37 bits per heavy atom. The van der Waals surface area contributed by atoms with Crippen molar-refractivity contribution in [3.8, 4) is 0 Å². The third-order valence-electron chi connectivity index (χ3n) is 3.39. The number of nitrogens with one attached hydrogen (secondary N) is 1. The highest BCUT2D eigenvalue weighted by molar-refractivity contribution is 5.94. The Bertz CT molecular complexity index is 648. The number of aryl methyl sites for hydroxylation is 1. The predicted molar refractivity (Wildman–Crippen MR) is 69.1 cm³/mol. The molecule has 3 heterocycles. The summed E-state index contributed by atoms with van der Waals surface area (Å²) >= 11 is 0. The van der Waals surface area contributed by atoms with Crippen molar-refractivity contribution in [3.05, 3.63) is 28.8 Å². The Labute approximate surface area is 110 Å². The largest absolute Gasteiger partial charge is 0.375 e. The van der Waals surface area contributed by atoms with Crippen LogP contribution in [0.25, 0.3) is 5.78 Å². The summed E-state index contributed by atoms with van der Waals surface area (Å²) in [5.41, 5.74) is 3.41. The molecule has 0 aromatic carbocycles. The van der Waals surface area contributed by atoms with Crippen LogP contribution in [0, 0.1) is 0 Å². The van der Waals surface area contributed by atoms with Gasteiger partial charge < -0.3 is 10.1 Å². The van der Waals surface area contributed by atoms with Crippen molar-refractivity contribution in [1.29, 1.82) is 0 Å². The minimum Gasteiger partial charge on any atom is -0.375 e. The maximum atomic E-state index is 12.0. The molecule has 0 bridgehead atoms. The van der Waals surface area contributed by atoms with Crippen LogP contribution in [-0.2, 0) is 24.2 Å². The average Bonchev–Trinajstić information content (AvgIpc) is 2.81. The van der Waals surface area contributed by atoms with E-state index in [2.05, 4.69) is 15.3 Å². The number of aromatic nitrogens is 3. The molecule has 0 saturated carbocycles. The molecule has 0 aliphatic carbocycles. The van der Waals surface area contributed by atoms with Gasteiger partial charge in [0.1, 0.15) is 5.69 Å². The number of fused-ring (bicyclic) bond motifs is 2. The molecule has 1 N–H and O–H groups in total. The number of hydrogen-bond donors (Lipinski definition) is 1. The summed E-state index contributed by atoms with van der Waals surface area (Å²) in [6, 6.07) is 0. The molecule has 1 amide bonds. The quantitative estimate of drug-likeness (QED) is 0.864. The molecular formula is C13H16N4O2. The number of carbonyl (C=O) groups is 1. The maximum Gasteiger partial charge on any atom is 0.270 e. The van der Waals surface area contributed by atoms with Gasteiger partial charge in [0.2, 0.25) is 5.78 Å². The number of amides is 1. The normalized spacial score (nSPS) is 14.4. The van der Waals surface area contributed by atoms with Gasteiger partial charge in [0.05, 0.1) is 24.6 Å². The zero-order valence-electron chi connectivity index (χ0n) is 11.1. The SMILES string of the molecule is CCc1nc2nc3c(cn2c1C(=O)NC)CCOC3. The van der Waals surface area contributed by atoms with E-state index in [1.165, 1.54) is 0 Å². The van der Waals surface area contributed by atoms with Gasteiger partial charge in [-0.1, -0.05) is 6.92 Å². The van der Waals surface area contributed by atoms with Gasteiger partial charge in [-0.05, 0) is 18.4 Å². The van der Waals surface area contributed by atoms with Crippen LogP contribution in [0.1, 0.15) is 34.4 Å². The van der Waals surface area contributed by atoms with Crippen LogP contribution in [0.3, 0.4) is 0 Å². The first-order valence-electron chi connectivity index (χ1n) is 6.44. The van der Waals surface area contributed by atoms with Crippen LogP contribution in [-0.4, -0.2) is 33.9 Å². The smallest absolute Gasteiger partial charge is 0.270 e. The first kappa shape index (κ1) is 12.1. The van der Waals surface area contributed by atoms with Gasteiger partial charge in [-0.15, -0.1) is 0 Å². The second kappa shape index (κ2) is 4.62. The van der Waals surface area contributed by atoms with Crippen LogP contribution >= 0.6 is 0 Å². The summed E-state index contributed by atoms with van der Waals surface area (Å²) in [5.74, 6) is 0.442. The van der Waals surface area contributed by atoms with E-state index < -0.39 is 0 Å². The van der Waals surface area contributed by atoms with Gasteiger partial charge in [-0.25, -0.2) is 9.97 Å². The van der Waals surface area contributed by atoms with Crippen LogP contribution < -0.4 is 5.32 Å². The number of nitrogens with zero attached hydrogens (tertiary/aromatic N) is 3. The van der Waals surface area contributed by atoms with Gasteiger partial charge in [0, 0.05) is 13.2 Å². The first-order chi connectivity index (χ1) is 9.24. The topological polar surface area (TPSA) is 68.5 Å². The molecule has 0 fully saturated rings. The first-order valence-corrected chi connectivity index (χ1v) is 6.44. The van der Waals surface area contributed by atoms with E-state index in [1.54, 1.807) is 11.4 Å². The summed E-state index contributed by atoms with van der Waals surface area (Å²) in [7, 11) is 1.63. The Kier molecular flexibility index (Phi) is 2.94. The van der Waals surface area contributed by atoms with Crippen LogP contribution in [0.5, 0.6) is 0 Å². The minimum absolute atomic E-state index is 0.127. The molecular weight excluding hydrogens is 244 g/mol. The standard InChI is InChI=1S/C13H16N4O2/c1-3-9-11(12(18)14-2)17-6-8-4-5-19-7-10(8)16-13(17)15-9/h6H,3-5,7H2,1-2H3,(H,14,18). The third-order valence-corrected chi connectivity index (χ3v) is 3.39. The fourth-order valence-electron chi connectivity index (χ4n) is 2.38. The van der Waals surface area contributed by atoms with E-state index in [-0.39, 0.29) is 5.91 Å². The summed E-state index contributed by atoms with van der Waals surface area (Å²) < 4.78 is 7.19. The highest BCUT2D eigenvalue weighted by atomic mass is 16.5. The fraction of sp³-hybridized carbons (Fsp3) is 0.462. The Hall–Kier alpha value is -1.95. The van der Waals surface area contributed by atoms with Gasteiger partial charge >= 0.3 is 0 Å². The molecule has 0 atom stereocenters. The van der Waals surface area contributed by atoms with E-state index in [0.717, 1.165) is 23.4 Å². The molecule has 2 aromatic rings. The minimum atomic E-state index is -0.127. The van der Waals surface area contributed by atoms with Crippen LogP contribution in [0.2, 0.25) is 0 Å². The summed E-state index contributed by atoms with van der Waals surface area (Å²) in [6.45, 7) is 3.21. The molecule has 100 valence electrons. The number of carbonyl (C=O) groups excluding carboxylic acids is 1. The summed E-state index contributed by atoms with van der Waals surface area (Å²) in [6.07, 6.45) is 3.50. The van der Waals surface area contributed by atoms with Gasteiger partial charge in [0.25, 0.3) is 5.91 Å². The Morgan fingerprint density at radius 1 is 1.53 bits per heavy atom. The molecule has 1 aliphatic rings. The lowest BCUT2D eigenvalue weighted by Gasteiger charge is -2.15. The van der Waals surface area contributed by atoms with Crippen molar-refractivity contribution in [2.45, 2.75) is 26.4 Å². The van der Waals surface area contributed by atoms with Crippen LogP contribution in [0.15, 0.2) is 6.20 Å². The van der Waals surface area contributed by atoms with Crippen molar-refractivity contribution in [3.63, 3.8) is 0 Å². The van der Waals surface area contributed by atoms with E-state index in [9.17, 15) is 4.79 Å². The highest BCUT2D eigenvalue weighted by Crippen LogP contribution is 2.19. The van der Waals surface area contributed by atoms with Crippen molar-refractivity contribution in [1.82, 2.24) is 19.7 Å². The monoisotopic (exact) mass is 260 g/mol. The molecule has 6 nitrogen and oxygen atoms in total. The average molecular weight is 260 g/mol. The van der Waals surface area contributed by atoms with Gasteiger partial charge in [-0.3, -0.25) is 9.20 Å². The fourth-order valence-corrected chi connectivity index (χ4v) is 2.38. The molecule has 0 unspecified atom stereocenters. The number of imidazole rings is 1. The molecule has 0 saturated heterocycles. The Morgan fingerprint density at radius 3 is 3.11 bits per heavy atom. The zero-order chi connectivity index (χ0) is 13.4. The molecule has 0 radical (unpaired) electrons. The molecule has 0 spiro atoms. The van der Waals surface area contributed by atoms with Crippen molar-refractivity contribution >= 4 is 11.7 Å². The molecule has 2 aromatic heterocycles. The third kappa shape index (κ3) is 1.88. The molecule has 19 heavy (non-hydrogen) atoms. The number of ether oxygens (including phenoxy) is 1. The van der Waals surface area contributed by atoms with E-state index in [4.69, 9.17) is 4.74 Å². The lowest BCUT2D eigenvalue weighted by atomic mass is 10.1. The van der Waals surface area contributed by atoms with E-state index in [0.29, 0.717) is 31.1 Å². The lowest BCUT2D eigenvalue weighted by Crippen LogP contribution is -2.22. The highest BCUT2D eigenvalue weighted by Gasteiger charge is 2.20. The lowest BCUT2D eigenvalue weighted by molar-refractivity contribution is 0.0956. The zero-order valence-corrected chi connectivity index (χ0v) is 11.1. The second-order valence-electron chi connectivity index (χ2n) is 4.53. The Balaban J connectivity index is 2.25. The van der Waals surface area contributed by atoms with E-state index >= 15 is 0 Å². The second-order valence-corrected chi connectivity index (χ2v) is 4.53. The van der Waals surface area contributed by atoms with Gasteiger partial charge in [0.15, 0.2) is 0 Å². The summed E-state index contributed by atoms with van der Waals surface area (Å²) in [4.78, 5) is 21.0. The predicted octanol–water partition coefficient (Wildman–Crippen LogP) is 0.724. The van der Waals surface area contributed by atoms with Crippen molar-refractivity contribution in [2.75, 3.05) is 13.7 Å². The molecule has 6 heteroatoms. The number of hydrogen-bond acceptors (Lipinski definition) is 4. The number of rotatable bonds is 2.